The van der Waals surface area contributed by atoms with Crippen LogP contribution in [0.25, 0.3) is 5.65 Å². The van der Waals surface area contributed by atoms with E-state index in [9.17, 15) is 14.9 Å². The number of carbonyl (C=O) groups is 1. The predicted molar refractivity (Wildman–Crippen MR) is 102 cm³/mol. The number of hydrogen-bond donors (Lipinski definition) is 1. The van der Waals surface area contributed by atoms with Crippen molar-refractivity contribution in [2.75, 3.05) is 43.0 Å². The maximum absolute atomic E-state index is 11.8. The second-order valence-electron chi connectivity index (χ2n) is 6.34. The fraction of sp³-hybridized carbons (Fsp3) is 0.294. The fourth-order valence-electron chi connectivity index (χ4n) is 3.29. The van der Waals surface area contributed by atoms with Gasteiger partial charge in [-0.2, -0.15) is 4.52 Å². The molecule has 0 radical (unpaired) electrons. The van der Waals surface area contributed by atoms with Crippen LogP contribution in [-0.2, 0) is 0 Å². The molecule has 2 aromatic heterocycles. The van der Waals surface area contributed by atoms with Gasteiger partial charge in [0.2, 0.25) is 0 Å². The Hall–Kier alpha value is -3.76. The highest BCUT2D eigenvalue weighted by Crippen LogP contribution is 2.30. The van der Waals surface area contributed by atoms with Gasteiger partial charge < -0.3 is 15.1 Å². The van der Waals surface area contributed by atoms with Crippen molar-refractivity contribution >= 4 is 28.7 Å². The van der Waals surface area contributed by atoms with Crippen molar-refractivity contribution in [3.8, 4) is 0 Å². The average molecular weight is 382 g/mol. The second-order valence-corrected chi connectivity index (χ2v) is 6.34. The first-order valence-electron chi connectivity index (χ1n) is 8.74. The van der Waals surface area contributed by atoms with E-state index in [0.29, 0.717) is 37.5 Å². The molecule has 11 nitrogen and oxygen atoms in total. The van der Waals surface area contributed by atoms with E-state index in [1.54, 1.807) is 23.0 Å². The van der Waals surface area contributed by atoms with Crippen molar-refractivity contribution in [1.29, 1.82) is 0 Å². The first-order chi connectivity index (χ1) is 13.6. The van der Waals surface area contributed by atoms with Crippen LogP contribution in [0.5, 0.6) is 0 Å². The molecule has 28 heavy (non-hydrogen) atoms. The number of benzene rings is 1. The highest BCUT2D eigenvalue weighted by molar-refractivity contribution is 5.95. The number of amides is 1. The molecule has 0 saturated carbocycles. The van der Waals surface area contributed by atoms with Gasteiger partial charge in [0.1, 0.15) is 17.8 Å². The molecule has 0 atom stereocenters. The van der Waals surface area contributed by atoms with Gasteiger partial charge in [0.05, 0.1) is 4.92 Å². The number of rotatable bonds is 4. The molecule has 0 spiro atoms. The molecule has 1 saturated heterocycles. The average Bonchev–Trinajstić information content (AvgIpc) is 3.20. The van der Waals surface area contributed by atoms with E-state index < -0.39 is 4.92 Å². The minimum absolute atomic E-state index is 0.0708. The van der Waals surface area contributed by atoms with Crippen LogP contribution < -0.4 is 15.1 Å². The summed E-state index contributed by atoms with van der Waals surface area (Å²) in [6, 6.07) is 8.31. The molecule has 1 amide bonds. The molecule has 0 bridgehead atoms. The molecule has 3 heterocycles. The Morgan fingerprint density at radius 2 is 1.89 bits per heavy atom. The van der Waals surface area contributed by atoms with Gasteiger partial charge in [-0.05, 0) is 24.3 Å². The lowest BCUT2D eigenvalue weighted by Gasteiger charge is -2.36. The normalized spacial score (nSPS) is 14.3. The predicted octanol–water partition coefficient (Wildman–Crippen LogP) is 0.719. The summed E-state index contributed by atoms with van der Waals surface area (Å²) in [6.07, 6.45) is 1.55. The lowest BCUT2D eigenvalue weighted by molar-refractivity contribution is -0.384. The maximum Gasteiger partial charge on any atom is 0.293 e. The van der Waals surface area contributed by atoms with Crippen LogP contribution >= 0.6 is 0 Å². The van der Waals surface area contributed by atoms with Crippen LogP contribution in [0.15, 0.2) is 36.7 Å². The van der Waals surface area contributed by atoms with Crippen LogP contribution in [0.1, 0.15) is 10.4 Å². The third-order valence-corrected chi connectivity index (χ3v) is 4.75. The van der Waals surface area contributed by atoms with Crippen LogP contribution in [0.4, 0.5) is 17.2 Å². The van der Waals surface area contributed by atoms with Crippen molar-refractivity contribution in [3.63, 3.8) is 0 Å². The Kier molecular flexibility index (Phi) is 4.47. The van der Waals surface area contributed by atoms with E-state index in [2.05, 4.69) is 25.5 Å². The van der Waals surface area contributed by atoms with Gasteiger partial charge in [0.25, 0.3) is 11.6 Å². The fourth-order valence-corrected chi connectivity index (χ4v) is 3.29. The highest BCUT2D eigenvalue weighted by atomic mass is 16.6. The summed E-state index contributed by atoms with van der Waals surface area (Å²) >= 11 is 0. The van der Waals surface area contributed by atoms with Gasteiger partial charge in [0, 0.05) is 44.9 Å². The summed E-state index contributed by atoms with van der Waals surface area (Å²) in [5.74, 6) is 0.450. The van der Waals surface area contributed by atoms with E-state index in [0.717, 1.165) is 5.82 Å². The van der Waals surface area contributed by atoms with Gasteiger partial charge in [-0.15, -0.1) is 15.3 Å². The van der Waals surface area contributed by atoms with E-state index in [4.69, 9.17) is 0 Å². The minimum Gasteiger partial charge on any atom is -0.362 e. The number of hydrogen-bond acceptors (Lipinski definition) is 8. The van der Waals surface area contributed by atoms with Crippen molar-refractivity contribution in [2.45, 2.75) is 0 Å². The molecule has 144 valence electrons. The quantitative estimate of drug-likeness (QED) is 0.517. The summed E-state index contributed by atoms with van der Waals surface area (Å²) in [5, 5.41) is 26.3. The number of nitro benzene ring substituents is 1. The molecule has 1 aliphatic rings. The van der Waals surface area contributed by atoms with Crippen molar-refractivity contribution in [3.05, 3.63) is 52.3 Å². The summed E-state index contributed by atoms with van der Waals surface area (Å²) in [4.78, 5) is 26.9. The number of aromatic nitrogens is 4. The summed E-state index contributed by atoms with van der Waals surface area (Å²) in [7, 11) is 1.49. The molecule has 0 aliphatic carbocycles. The summed E-state index contributed by atoms with van der Waals surface area (Å²) in [6.45, 7) is 2.52. The summed E-state index contributed by atoms with van der Waals surface area (Å²) < 4.78 is 1.62. The lowest BCUT2D eigenvalue weighted by atomic mass is 10.1. The van der Waals surface area contributed by atoms with E-state index in [-0.39, 0.29) is 17.2 Å². The minimum atomic E-state index is -0.449. The zero-order chi connectivity index (χ0) is 19.7. The second kappa shape index (κ2) is 7.10. The topological polar surface area (TPSA) is 122 Å². The van der Waals surface area contributed by atoms with Crippen LogP contribution in [0, 0.1) is 10.1 Å². The standard InChI is InChI=1S/C17H18N8O3/c1-18-17(26)12-2-3-13(14(10-12)25(27)28)22-6-8-23(9-7-22)16-5-4-15-20-19-11-24(15)21-16/h2-5,10-11H,6-9H2,1H3,(H,18,26). The first kappa shape index (κ1) is 17.6. The third-order valence-electron chi connectivity index (χ3n) is 4.75. The van der Waals surface area contributed by atoms with Crippen molar-refractivity contribution in [1.82, 2.24) is 25.1 Å². The number of piperazine rings is 1. The molecule has 4 rings (SSSR count). The number of nitrogens with one attached hydrogen (secondary N) is 1. The van der Waals surface area contributed by atoms with Crippen molar-refractivity contribution in [2.24, 2.45) is 0 Å². The van der Waals surface area contributed by atoms with Crippen molar-refractivity contribution < 1.29 is 9.72 Å². The lowest BCUT2D eigenvalue weighted by Crippen LogP contribution is -2.47. The number of anilines is 2. The van der Waals surface area contributed by atoms with Crippen LogP contribution in [0.3, 0.4) is 0 Å². The monoisotopic (exact) mass is 382 g/mol. The molecular formula is C17H18N8O3. The van der Waals surface area contributed by atoms with Gasteiger partial charge in [-0.3, -0.25) is 14.9 Å². The van der Waals surface area contributed by atoms with Gasteiger partial charge in [-0.25, -0.2) is 0 Å². The zero-order valence-corrected chi connectivity index (χ0v) is 15.1. The zero-order valence-electron chi connectivity index (χ0n) is 15.1. The summed E-state index contributed by atoms with van der Waals surface area (Å²) in [5.41, 5.74) is 1.38. The smallest absolute Gasteiger partial charge is 0.293 e. The number of nitrogens with zero attached hydrogens (tertiary/aromatic N) is 7. The van der Waals surface area contributed by atoms with Gasteiger partial charge in [0.15, 0.2) is 5.65 Å². The van der Waals surface area contributed by atoms with Crippen LogP contribution in [-0.4, -0.2) is 63.9 Å². The number of carbonyl (C=O) groups excluding carboxylic acids is 1. The van der Waals surface area contributed by atoms with E-state index in [1.165, 1.54) is 13.1 Å². The van der Waals surface area contributed by atoms with E-state index >= 15 is 0 Å². The molecule has 0 unspecified atom stereocenters. The maximum atomic E-state index is 11.8. The highest BCUT2D eigenvalue weighted by Gasteiger charge is 2.25. The molecular weight excluding hydrogens is 364 g/mol. The molecule has 11 heteroatoms. The Labute approximate surface area is 159 Å². The van der Waals surface area contributed by atoms with Gasteiger partial charge in [-0.1, -0.05) is 0 Å². The first-order valence-corrected chi connectivity index (χ1v) is 8.74. The number of fused-ring (bicyclic) bond motifs is 1. The molecule has 3 aromatic rings. The molecule has 1 N–H and O–H groups in total. The van der Waals surface area contributed by atoms with Crippen LogP contribution in [0.2, 0.25) is 0 Å². The Morgan fingerprint density at radius 3 is 2.61 bits per heavy atom. The number of nitro groups is 1. The largest absolute Gasteiger partial charge is 0.362 e. The third kappa shape index (κ3) is 3.17. The SMILES string of the molecule is CNC(=O)c1ccc(N2CCN(c3ccc4nncn4n3)CC2)c([N+](=O)[O-])c1. The molecule has 1 aliphatic heterocycles. The molecule has 1 fully saturated rings. The van der Waals surface area contributed by atoms with E-state index in [1.807, 2.05) is 17.0 Å². The Bertz CT molecular complexity index is 1040. The Morgan fingerprint density at radius 1 is 1.14 bits per heavy atom. The van der Waals surface area contributed by atoms with Gasteiger partial charge >= 0.3 is 0 Å². The Balaban J connectivity index is 1.53. The molecule has 1 aromatic carbocycles.